The van der Waals surface area contributed by atoms with Crippen LogP contribution in [0.25, 0.3) is 0 Å². The summed E-state index contributed by atoms with van der Waals surface area (Å²) in [7, 11) is 0.115. The Morgan fingerprint density at radius 1 is 1.02 bits per heavy atom. The molecule has 0 spiro atoms. The second kappa shape index (κ2) is 15.7. The SMILES string of the molecule is CC[C@@H]1CC/C=C/[C@](CN2CCN(C)CC2)(OC)C2CCC2CN2CCCCc3cc(Cl)ccc3COc3ccc(cc32)C(=O)NS1(=O)=O. The van der Waals surface area contributed by atoms with Gasteiger partial charge in [0.05, 0.1) is 10.9 Å². The Morgan fingerprint density at radius 3 is 2.57 bits per heavy atom. The van der Waals surface area contributed by atoms with E-state index in [0.717, 1.165) is 94.2 Å². The largest absolute Gasteiger partial charge is 0.487 e. The molecular formula is C38H53ClN4O5S. The number of nitrogens with zero attached hydrogens (tertiary/aromatic N) is 3. The molecule has 1 aliphatic carbocycles. The van der Waals surface area contributed by atoms with Gasteiger partial charge in [0.1, 0.15) is 18.0 Å². The Kier molecular flexibility index (Phi) is 11.6. The van der Waals surface area contributed by atoms with Crippen LogP contribution in [0.2, 0.25) is 5.02 Å². The fourth-order valence-corrected chi connectivity index (χ4v) is 9.76. The second-order valence-electron chi connectivity index (χ2n) is 14.5. The molecule has 0 aromatic heterocycles. The predicted molar refractivity (Wildman–Crippen MR) is 196 cm³/mol. The van der Waals surface area contributed by atoms with Crippen LogP contribution < -0.4 is 14.4 Å². The summed E-state index contributed by atoms with van der Waals surface area (Å²) in [5, 5.41) is 0.0348. The zero-order valence-corrected chi connectivity index (χ0v) is 30.9. The van der Waals surface area contributed by atoms with Crippen molar-refractivity contribution < 1.29 is 22.7 Å². The highest BCUT2D eigenvalue weighted by atomic mass is 35.5. The Bertz CT molecular complexity index is 1610. The number of likely N-dealkylation sites (N-methyl/N-ethyl adjacent to an activating group) is 1. The van der Waals surface area contributed by atoms with Crippen molar-refractivity contribution in [3.8, 4) is 5.75 Å². The number of amides is 1. The topological polar surface area (TPSA) is 91.4 Å². The Morgan fingerprint density at radius 2 is 1.84 bits per heavy atom. The van der Waals surface area contributed by atoms with Crippen molar-refractivity contribution in [3.05, 3.63) is 70.3 Å². The highest BCUT2D eigenvalue weighted by molar-refractivity contribution is 7.90. The lowest BCUT2D eigenvalue weighted by atomic mass is 9.64. The molecule has 6 rings (SSSR count). The summed E-state index contributed by atoms with van der Waals surface area (Å²) >= 11 is 6.39. The number of allylic oxidation sites excluding steroid dienone is 1. The minimum atomic E-state index is -3.90. The number of sulfonamides is 1. The fourth-order valence-electron chi connectivity index (χ4n) is 8.14. The van der Waals surface area contributed by atoms with Gasteiger partial charge in [0.25, 0.3) is 5.91 Å². The van der Waals surface area contributed by atoms with Gasteiger partial charge in [0.2, 0.25) is 10.0 Å². The van der Waals surface area contributed by atoms with Crippen LogP contribution in [0.5, 0.6) is 5.75 Å². The molecule has 2 aromatic carbocycles. The van der Waals surface area contributed by atoms with Crippen LogP contribution in [-0.2, 0) is 27.8 Å². The number of anilines is 1. The minimum Gasteiger partial charge on any atom is -0.487 e. The molecule has 0 radical (unpaired) electrons. The lowest BCUT2D eigenvalue weighted by Gasteiger charge is -2.51. The van der Waals surface area contributed by atoms with Crippen LogP contribution >= 0.6 is 11.6 Å². The lowest BCUT2D eigenvalue weighted by molar-refractivity contribution is -0.0948. The average molecular weight is 713 g/mol. The standard InChI is InChI=1S/C38H53ClN4O5S/c1-4-33-10-5-7-17-38(47-3,27-42-21-19-41(2)20-22-42)34-15-12-30(34)25-43-18-8-6-9-28-23-32(39)14-11-31(28)26-48-36-16-13-29(24-35(36)43)37(44)40-49(33,45)46/h7,11,13-14,16-17,23-24,30,33-34H,4-6,8-10,12,15,18-22,25-27H2,1-3H3,(H,40,44)/b17-7+/t30?,33-,34?,38-/m1/s1. The molecule has 1 saturated heterocycles. The number of rotatable bonds is 4. The first kappa shape index (κ1) is 36.2. The number of halogens is 1. The maximum Gasteiger partial charge on any atom is 0.264 e. The monoisotopic (exact) mass is 712 g/mol. The number of hydrogen-bond donors (Lipinski definition) is 1. The molecule has 4 atom stereocenters. The molecule has 4 aliphatic rings. The smallest absolute Gasteiger partial charge is 0.264 e. The van der Waals surface area contributed by atoms with E-state index in [1.165, 1.54) is 5.56 Å². The molecule has 11 heteroatoms. The van der Waals surface area contributed by atoms with Crippen LogP contribution in [0.1, 0.15) is 73.4 Å². The van der Waals surface area contributed by atoms with Gasteiger partial charge in [0.15, 0.2) is 0 Å². The Labute approximate surface area is 298 Å². The van der Waals surface area contributed by atoms with Crippen molar-refractivity contribution >= 4 is 33.2 Å². The molecule has 268 valence electrons. The maximum atomic E-state index is 13.6. The van der Waals surface area contributed by atoms with E-state index in [-0.39, 0.29) is 0 Å². The van der Waals surface area contributed by atoms with E-state index in [4.69, 9.17) is 21.1 Å². The normalized spacial score (nSPS) is 29.3. The van der Waals surface area contributed by atoms with Gasteiger partial charge in [0, 0.05) is 63.5 Å². The number of nitrogens with one attached hydrogen (secondary N) is 1. The summed E-state index contributed by atoms with van der Waals surface area (Å²) < 4.78 is 42.6. The summed E-state index contributed by atoms with van der Waals surface area (Å²) in [6.07, 6.45) is 10.8. The molecule has 2 bridgehead atoms. The quantitative estimate of drug-likeness (QED) is 0.392. The van der Waals surface area contributed by atoms with Gasteiger partial charge in [-0.2, -0.15) is 0 Å². The van der Waals surface area contributed by atoms with Gasteiger partial charge in [-0.3, -0.25) is 9.69 Å². The van der Waals surface area contributed by atoms with Crippen molar-refractivity contribution in [2.24, 2.45) is 11.8 Å². The first-order valence-corrected chi connectivity index (χ1v) is 20.0. The molecule has 3 aliphatic heterocycles. The zero-order valence-electron chi connectivity index (χ0n) is 29.3. The predicted octanol–water partition coefficient (Wildman–Crippen LogP) is 5.91. The molecular weight excluding hydrogens is 660 g/mol. The molecule has 1 saturated carbocycles. The third kappa shape index (κ3) is 8.30. The van der Waals surface area contributed by atoms with Gasteiger partial charge < -0.3 is 19.3 Å². The first-order valence-electron chi connectivity index (χ1n) is 18.1. The van der Waals surface area contributed by atoms with E-state index >= 15 is 0 Å². The molecule has 3 heterocycles. The highest BCUT2D eigenvalue weighted by Crippen LogP contribution is 2.46. The van der Waals surface area contributed by atoms with Crippen LogP contribution in [0.4, 0.5) is 5.69 Å². The summed E-state index contributed by atoms with van der Waals surface area (Å²) in [6, 6.07) is 11.3. The third-order valence-corrected chi connectivity index (χ3v) is 13.5. The molecule has 2 fully saturated rings. The van der Waals surface area contributed by atoms with Crippen molar-refractivity contribution in [2.75, 3.05) is 64.9 Å². The number of piperazine rings is 1. The van der Waals surface area contributed by atoms with Crippen molar-refractivity contribution in [2.45, 2.75) is 75.7 Å². The number of aryl methyl sites for hydroxylation is 1. The second-order valence-corrected chi connectivity index (χ2v) is 16.9. The van der Waals surface area contributed by atoms with E-state index in [1.54, 1.807) is 6.07 Å². The number of benzene rings is 2. The van der Waals surface area contributed by atoms with Gasteiger partial charge >= 0.3 is 0 Å². The van der Waals surface area contributed by atoms with E-state index in [0.29, 0.717) is 49.0 Å². The van der Waals surface area contributed by atoms with Gasteiger partial charge in [-0.05, 0) is 112 Å². The third-order valence-electron chi connectivity index (χ3n) is 11.4. The highest BCUT2D eigenvalue weighted by Gasteiger charge is 2.48. The summed E-state index contributed by atoms with van der Waals surface area (Å²) in [5.74, 6) is 0.749. The van der Waals surface area contributed by atoms with Crippen molar-refractivity contribution in [3.63, 3.8) is 0 Å². The zero-order chi connectivity index (χ0) is 34.6. The lowest BCUT2D eigenvalue weighted by Crippen LogP contribution is -2.58. The van der Waals surface area contributed by atoms with Gasteiger partial charge in [-0.15, -0.1) is 0 Å². The fraction of sp³-hybridized carbons (Fsp3) is 0.605. The summed E-state index contributed by atoms with van der Waals surface area (Å²) in [6.45, 7) is 8.68. The molecule has 2 aromatic rings. The summed E-state index contributed by atoms with van der Waals surface area (Å²) in [4.78, 5) is 20.8. The van der Waals surface area contributed by atoms with Crippen molar-refractivity contribution in [1.82, 2.24) is 14.5 Å². The van der Waals surface area contributed by atoms with Crippen LogP contribution in [-0.4, -0.2) is 94.9 Å². The number of carbonyl (C=O) groups excluding carboxylic acids is 1. The van der Waals surface area contributed by atoms with Crippen molar-refractivity contribution in [1.29, 1.82) is 0 Å². The molecule has 49 heavy (non-hydrogen) atoms. The van der Waals surface area contributed by atoms with E-state index in [9.17, 15) is 13.2 Å². The number of fused-ring (bicyclic) bond motifs is 3. The van der Waals surface area contributed by atoms with Gasteiger partial charge in [-0.25, -0.2) is 13.1 Å². The average Bonchev–Trinajstić information content (AvgIpc) is 3.10. The first-order chi connectivity index (χ1) is 23.6. The van der Waals surface area contributed by atoms with Gasteiger partial charge in [-0.1, -0.05) is 36.7 Å². The van der Waals surface area contributed by atoms with Crippen LogP contribution in [0.15, 0.2) is 48.6 Å². The van der Waals surface area contributed by atoms with E-state index in [2.05, 4.69) is 38.6 Å². The number of hydrogen-bond acceptors (Lipinski definition) is 8. The molecule has 9 nitrogen and oxygen atoms in total. The van der Waals surface area contributed by atoms with E-state index < -0.39 is 26.8 Å². The van der Waals surface area contributed by atoms with E-state index in [1.807, 2.05) is 44.4 Å². The Balaban J connectivity index is 1.39. The summed E-state index contributed by atoms with van der Waals surface area (Å²) in [5.41, 5.74) is 2.94. The molecule has 1 N–H and O–H groups in total. The molecule has 1 amide bonds. The van der Waals surface area contributed by atoms with Crippen LogP contribution in [0.3, 0.4) is 0 Å². The molecule has 2 unspecified atom stereocenters. The number of methoxy groups -OCH3 is 1. The number of carbonyl (C=O) groups is 1. The Hall–Kier alpha value is -2.63. The maximum absolute atomic E-state index is 13.6. The minimum absolute atomic E-state index is 0.299. The number of ether oxygens (including phenoxy) is 2. The van der Waals surface area contributed by atoms with Crippen LogP contribution in [0, 0.1) is 11.8 Å².